The van der Waals surface area contributed by atoms with E-state index < -0.39 is 15.6 Å². The number of nitrogens with zero attached hydrogens (tertiary/aromatic N) is 1. The Morgan fingerprint density at radius 1 is 1.33 bits per heavy atom. The number of amides is 1. The second kappa shape index (κ2) is 6.43. The lowest BCUT2D eigenvalue weighted by atomic mass is 10.0. The van der Waals surface area contributed by atoms with E-state index in [2.05, 4.69) is 5.32 Å². The molecule has 1 aromatic carbocycles. The average molecular weight is 354 g/mol. The van der Waals surface area contributed by atoms with E-state index in [9.17, 15) is 18.0 Å². The molecule has 2 rings (SSSR count). The van der Waals surface area contributed by atoms with Gasteiger partial charge in [-0.15, -0.1) is 0 Å². The highest BCUT2D eigenvalue weighted by atomic mass is 32.2. The quantitative estimate of drug-likeness (QED) is 0.849. The zero-order valence-corrected chi connectivity index (χ0v) is 15.1. The van der Waals surface area contributed by atoms with Gasteiger partial charge in [-0.25, -0.2) is 13.2 Å². The van der Waals surface area contributed by atoms with E-state index in [0.717, 1.165) is 6.42 Å². The predicted octanol–water partition coefficient (Wildman–Crippen LogP) is 1.60. The van der Waals surface area contributed by atoms with Crippen LogP contribution in [0.4, 0.5) is 0 Å². The smallest absolute Gasteiger partial charge is 0.408 e. The summed E-state index contributed by atoms with van der Waals surface area (Å²) in [4.78, 5) is 23.4. The number of hydrogen-bond acceptors (Lipinski definition) is 5. The van der Waals surface area contributed by atoms with Crippen molar-refractivity contribution in [2.45, 2.75) is 44.0 Å². The lowest BCUT2D eigenvalue weighted by molar-refractivity contribution is -0.122. The van der Waals surface area contributed by atoms with Crippen molar-refractivity contribution in [3.05, 3.63) is 28.7 Å². The first-order chi connectivity index (χ1) is 11.1. The van der Waals surface area contributed by atoms with E-state index in [1.165, 1.54) is 22.8 Å². The third kappa shape index (κ3) is 3.87. The summed E-state index contributed by atoms with van der Waals surface area (Å²) in [5, 5.41) is 2.80. The van der Waals surface area contributed by atoms with Crippen LogP contribution in [0, 0.1) is 0 Å². The Kier molecular flexibility index (Phi) is 4.89. The Morgan fingerprint density at radius 3 is 2.62 bits per heavy atom. The van der Waals surface area contributed by atoms with Crippen molar-refractivity contribution in [1.29, 1.82) is 0 Å². The Hall–Kier alpha value is -2.09. The first kappa shape index (κ1) is 18.3. The summed E-state index contributed by atoms with van der Waals surface area (Å²) in [5.74, 6) is -1.17. The molecule has 1 heterocycles. The van der Waals surface area contributed by atoms with Crippen molar-refractivity contribution in [2.24, 2.45) is 7.05 Å². The van der Waals surface area contributed by atoms with E-state index in [1.807, 2.05) is 20.8 Å². The van der Waals surface area contributed by atoms with Crippen LogP contribution in [0.5, 0.6) is 0 Å². The number of rotatable bonds is 6. The molecular weight excluding hydrogens is 332 g/mol. The molecule has 1 aromatic heterocycles. The molecule has 0 spiro atoms. The maximum Gasteiger partial charge on any atom is 0.419 e. The van der Waals surface area contributed by atoms with E-state index in [1.54, 1.807) is 7.05 Å². The first-order valence-corrected chi connectivity index (χ1v) is 9.34. The molecule has 0 saturated carbocycles. The molecule has 132 valence electrons. The highest BCUT2D eigenvalue weighted by molar-refractivity contribution is 7.91. The average Bonchev–Trinajstić information content (AvgIpc) is 2.79. The van der Waals surface area contributed by atoms with Gasteiger partial charge in [0.1, 0.15) is 0 Å². The lowest BCUT2D eigenvalue weighted by Crippen LogP contribution is -2.43. The number of oxazole rings is 1. The normalized spacial score (nSPS) is 12.5. The lowest BCUT2D eigenvalue weighted by Gasteiger charge is -2.24. The van der Waals surface area contributed by atoms with Crippen molar-refractivity contribution in [2.75, 3.05) is 5.75 Å². The Balaban J connectivity index is 2.16. The first-order valence-electron chi connectivity index (χ1n) is 7.69. The Labute approximate surface area is 140 Å². The zero-order valence-electron chi connectivity index (χ0n) is 14.3. The molecule has 1 amide bonds. The van der Waals surface area contributed by atoms with Crippen molar-refractivity contribution < 1.29 is 17.6 Å². The van der Waals surface area contributed by atoms with Crippen molar-refractivity contribution >= 4 is 26.8 Å². The fourth-order valence-electron chi connectivity index (χ4n) is 2.18. The monoisotopic (exact) mass is 354 g/mol. The van der Waals surface area contributed by atoms with Gasteiger partial charge < -0.3 is 9.73 Å². The number of aryl methyl sites for hydroxylation is 1. The van der Waals surface area contributed by atoms with Gasteiger partial charge in [0.15, 0.2) is 15.4 Å². The van der Waals surface area contributed by atoms with Crippen LogP contribution in [0.2, 0.25) is 0 Å². The third-order valence-electron chi connectivity index (χ3n) is 4.08. The number of fused-ring (bicyclic) bond motifs is 1. The fourth-order valence-corrected chi connectivity index (χ4v) is 3.43. The number of hydrogen-bond donors (Lipinski definition) is 1. The van der Waals surface area contributed by atoms with E-state index in [0.29, 0.717) is 5.52 Å². The van der Waals surface area contributed by atoms with Crippen molar-refractivity contribution in [3.8, 4) is 0 Å². The summed E-state index contributed by atoms with van der Waals surface area (Å²) in [6.45, 7) is 5.70. The minimum Gasteiger partial charge on any atom is -0.408 e. The third-order valence-corrected chi connectivity index (χ3v) is 5.80. The summed E-state index contributed by atoms with van der Waals surface area (Å²) in [6, 6.07) is 4.26. The van der Waals surface area contributed by atoms with Crippen LogP contribution in [-0.2, 0) is 21.7 Å². The summed E-state index contributed by atoms with van der Waals surface area (Å²) < 4.78 is 31.1. The molecule has 2 aromatic rings. The van der Waals surface area contributed by atoms with E-state index >= 15 is 0 Å². The molecular formula is C16H22N2O5S. The summed E-state index contributed by atoms with van der Waals surface area (Å²) in [7, 11) is -2.10. The molecule has 0 aliphatic heterocycles. The summed E-state index contributed by atoms with van der Waals surface area (Å²) in [5.41, 5.74) is 0.356. The van der Waals surface area contributed by atoms with Gasteiger partial charge in [-0.1, -0.05) is 6.92 Å². The molecule has 7 nitrogen and oxygen atoms in total. The molecule has 0 atom stereocenters. The largest absolute Gasteiger partial charge is 0.419 e. The highest BCUT2D eigenvalue weighted by Gasteiger charge is 2.22. The summed E-state index contributed by atoms with van der Waals surface area (Å²) in [6.07, 6.45) is 0.623. The molecule has 0 aliphatic rings. The van der Waals surface area contributed by atoms with Gasteiger partial charge in [0.2, 0.25) is 5.91 Å². The maximum atomic E-state index is 12.4. The van der Waals surface area contributed by atoms with Crippen molar-refractivity contribution in [3.63, 3.8) is 0 Å². The molecule has 8 heteroatoms. The molecule has 0 radical (unpaired) electrons. The Morgan fingerprint density at radius 2 is 2.00 bits per heavy atom. The van der Waals surface area contributed by atoms with Crippen LogP contribution in [0.1, 0.15) is 33.6 Å². The number of carbonyl (C=O) groups excluding carboxylic acids is 1. The zero-order chi connectivity index (χ0) is 18.1. The number of aromatic nitrogens is 1. The van der Waals surface area contributed by atoms with E-state index in [-0.39, 0.29) is 34.1 Å². The van der Waals surface area contributed by atoms with Crippen LogP contribution < -0.4 is 11.1 Å². The number of carbonyl (C=O) groups is 1. The minimum absolute atomic E-state index is 0.0342. The molecule has 0 aliphatic carbocycles. The molecule has 0 fully saturated rings. The van der Waals surface area contributed by atoms with Crippen LogP contribution >= 0.6 is 0 Å². The summed E-state index contributed by atoms with van der Waals surface area (Å²) >= 11 is 0. The highest BCUT2D eigenvalue weighted by Crippen LogP contribution is 2.19. The van der Waals surface area contributed by atoms with Crippen LogP contribution in [0.15, 0.2) is 32.3 Å². The van der Waals surface area contributed by atoms with Gasteiger partial charge in [0, 0.05) is 25.1 Å². The number of nitrogens with one attached hydrogen (secondary N) is 1. The predicted molar refractivity (Wildman–Crippen MR) is 90.6 cm³/mol. The standard InChI is InChI=1S/C16H22N2O5S/c1-5-16(2,3)17-14(19)8-9-24(21,22)11-6-7-12-13(10-11)23-15(20)18(12)4/h6-7,10H,5,8-9H2,1-4H3,(H,17,19). The molecule has 0 saturated heterocycles. The van der Waals surface area contributed by atoms with Gasteiger partial charge in [-0.3, -0.25) is 9.36 Å². The number of sulfone groups is 1. The van der Waals surface area contributed by atoms with Gasteiger partial charge in [0.25, 0.3) is 0 Å². The second-order valence-electron chi connectivity index (χ2n) is 6.41. The number of benzene rings is 1. The second-order valence-corrected chi connectivity index (χ2v) is 8.52. The van der Waals surface area contributed by atoms with Gasteiger partial charge in [-0.05, 0) is 32.4 Å². The molecule has 24 heavy (non-hydrogen) atoms. The van der Waals surface area contributed by atoms with Crippen LogP contribution in [0.25, 0.3) is 11.1 Å². The van der Waals surface area contributed by atoms with Gasteiger partial charge >= 0.3 is 5.76 Å². The molecule has 0 bridgehead atoms. The van der Waals surface area contributed by atoms with Crippen LogP contribution in [-0.4, -0.2) is 30.2 Å². The molecule has 1 N–H and O–H groups in total. The molecule has 0 unspecified atom stereocenters. The van der Waals surface area contributed by atoms with Gasteiger partial charge in [0.05, 0.1) is 16.2 Å². The topological polar surface area (TPSA) is 98.4 Å². The van der Waals surface area contributed by atoms with Crippen molar-refractivity contribution in [1.82, 2.24) is 9.88 Å². The van der Waals surface area contributed by atoms with Crippen LogP contribution in [0.3, 0.4) is 0 Å². The Bertz CT molecular complexity index is 922. The van der Waals surface area contributed by atoms with E-state index in [4.69, 9.17) is 4.42 Å². The fraction of sp³-hybridized carbons (Fsp3) is 0.500. The minimum atomic E-state index is -3.64. The maximum absolute atomic E-state index is 12.4. The van der Waals surface area contributed by atoms with Gasteiger partial charge in [-0.2, -0.15) is 0 Å². The SMILES string of the molecule is CCC(C)(C)NC(=O)CCS(=O)(=O)c1ccc2c(c1)oc(=O)n2C.